The van der Waals surface area contributed by atoms with Crippen LogP contribution in [-0.2, 0) is 4.74 Å². The van der Waals surface area contributed by atoms with Crippen molar-refractivity contribution < 1.29 is 13.9 Å². The van der Waals surface area contributed by atoms with Crippen LogP contribution in [0.5, 0.6) is 0 Å². The highest BCUT2D eigenvalue weighted by Gasteiger charge is 2.19. The van der Waals surface area contributed by atoms with Gasteiger partial charge in [0.2, 0.25) is 0 Å². The van der Waals surface area contributed by atoms with Gasteiger partial charge in [0.1, 0.15) is 11.5 Å². The van der Waals surface area contributed by atoms with E-state index in [4.69, 9.17) is 9.15 Å². The molecule has 80 valence electrons. The van der Waals surface area contributed by atoms with Gasteiger partial charge < -0.3 is 9.15 Å². The van der Waals surface area contributed by atoms with Gasteiger partial charge in [-0.2, -0.15) is 0 Å². The number of hydrogen-bond donors (Lipinski definition) is 0. The maximum Gasteiger partial charge on any atom is 0.195 e. The van der Waals surface area contributed by atoms with E-state index in [0.29, 0.717) is 17.9 Å². The second-order valence-electron chi connectivity index (χ2n) is 3.77. The average Bonchev–Trinajstić information content (AvgIpc) is 2.58. The van der Waals surface area contributed by atoms with Crippen molar-refractivity contribution in [2.75, 3.05) is 6.61 Å². The molecule has 3 heteroatoms. The molecule has 0 fully saturated rings. The molecule has 0 atom stereocenters. The first kappa shape index (κ1) is 10.0. The van der Waals surface area contributed by atoms with E-state index >= 15 is 0 Å². The number of Topliss-reactive ketones (excluding diaryl/α,β-unsaturated/α-hetero) is 1. The van der Waals surface area contributed by atoms with Crippen molar-refractivity contribution in [2.45, 2.75) is 26.7 Å². The van der Waals surface area contributed by atoms with Crippen LogP contribution in [0.25, 0.3) is 0 Å². The Morgan fingerprint density at radius 2 is 2.20 bits per heavy atom. The van der Waals surface area contributed by atoms with Gasteiger partial charge in [0.25, 0.3) is 0 Å². The summed E-state index contributed by atoms with van der Waals surface area (Å²) in [6.07, 6.45) is 3.28. The molecule has 0 saturated heterocycles. The summed E-state index contributed by atoms with van der Waals surface area (Å²) >= 11 is 0. The lowest BCUT2D eigenvalue weighted by molar-refractivity contribution is 0.101. The molecule has 2 rings (SSSR count). The van der Waals surface area contributed by atoms with Crippen molar-refractivity contribution in [3.8, 4) is 0 Å². The molecule has 0 saturated carbocycles. The minimum absolute atomic E-state index is 0.0315. The summed E-state index contributed by atoms with van der Waals surface area (Å²) in [5.41, 5.74) is 1.40. The predicted octanol–water partition coefficient (Wildman–Crippen LogP) is 2.77. The van der Waals surface area contributed by atoms with Crippen LogP contribution >= 0.6 is 0 Å². The fourth-order valence-corrected chi connectivity index (χ4v) is 1.76. The van der Waals surface area contributed by atoms with Crippen LogP contribution in [0.2, 0.25) is 0 Å². The summed E-state index contributed by atoms with van der Waals surface area (Å²) in [4.78, 5) is 12.0. The molecule has 1 aromatic rings. The number of carbonyl (C=O) groups is 1. The Labute approximate surface area is 88.7 Å². The van der Waals surface area contributed by atoms with E-state index < -0.39 is 0 Å². The number of aryl methyl sites for hydroxylation is 2. The lowest BCUT2D eigenvalue weighted by Crippen LogP contribution is -2.09. The zero-order valence-electron chi connectivity index (χ0n) is 9.00. The first-order valence-corrected chi connectivity index (χ1v) is 5.11. The SMILES string of the molecule is Cc1cc(C(=O)C2=COCCC2)c(C)o1. The van der Waals surface area contributed by atoms with Gasteiger partial charge in [0.05, 0.1) is 18.4 Å². The largest absolute Gasteiger partial charge is 0.501 e. The van der Waals surface area contributed by atoms with Crippen LogP contribution in [0.15, 0.2) is 22.3 Å². The van der Waals surface area contributed by atoms with E-state index in [2.05, 4.69) is 0 Å². The lowest BCUT2D eigenvalue weighted by Gasteiger charge is -2.11. The minimum atomic E-state index is 0.0315. The molecule has 3 nitrogen and oxygen atoms in total. The van der Waals surface area contributed by atoms with E-state index in [1.807, 2.05) is 13.8 Å². The van der Waals surface area contributed by atoms with Gasteiger partial charge in [0, 0.05) is 5.57 Å². The fraction of sp³-hybridized carbons (Fsp3) is 0.417. The van der Waals surface area contributed by atoms with Crippen molar-refractivity contribution in [1.82, 2.24) is 0 Å². The zero-order chi connectivity index (χ0) is 10.8. The highest BCUT2D eigenvalue weighted by Crippen LogP contribution is 2.21. The van der Waals surface area contributed by atoms with Gasteiger partial charge in [0.15, 0.2) is 5.78 Å². The number of rotatable bonds is 2. The molecule has 0 bridgehead atoms. The predicted molar refractivity (Wildman–Crippen MR) is 55.8 cm³/mol. The summed E-state index contributed by atoms with van der Waals surface area (Å²) < 4.78 is 10.5. The van der Waals surface area contributed by atoms with Crippen LogP contribution in [0, 0.1) is 13.8 Å². The minimum Gasteiger partial charge on any atom is -0.501 e. The summed E-state index contributed by atoms with van der Waals surface area (Å²) in [5, 5.41) is 0. The highest BCUT2D eigenvalue weighted by molar-refractivity contribution is 6.09. The molecule has 1 aliphatic heterocycles. The Morgan fingerprint density at radius 1 is 1.40 bits per heavy atom. The van der Waals surface area contributed by atoms with E-state index in [-0.39, 0.29) is 5.78 Å². The number of furan rings is 1. The van der Waals surface area contributed by atoms with E-state index in [1.165, 1.54) is 0 Å². The van der Waals surface area contributed by atoms with E-state index in [0.717, 1.165) is 24.2 Å². The molecule has 0 N–H and O–H groups in total. The molecule has 2 heterocycles. The number of carbonyl (C=O) groups excluding carboxylic acids is 1. The van der Waals surface area contributed by atoms with Crippen LogP contribution in [0.1, 0.15) is 34.7 Å². The van der Waals surface area contributed by atoms with Gasteiger partial charge in [-0.25, -0.2) is 0 Å². The Kier molecular flexibility index (Phi) is 2.62. The number of ketones is 1. The van der Waals surface area contributed by atoms with Crippen molar-refractivity contribution in [1.29, 1.82) is 0 Å². The number of allylic oxidation sites excluding steroid dienone is 1. The third-order valence-corrected chi connectivity index (χ3v) is 2.51. The normalized spacial score (nSPS) is 15.7. The Balaban J connectivity index is 2.27. The average molecular weight is 206 g/mol. The Bertz CT molecular complexity index is 413. The smallest absolute Gasteiger partial charge is 0.195 e. The van der Waals surface area contributed by atoms with Crippen LogP contribution in [0.3, 0.4) is 0 Å². The second kappa shape index (κ2) is 3.93. The molecular formula is C12H14O3. The maximum absolute atomic E-state index is 12.0. The fourth-order valence-electron chi connectivity index (χ4n) is 1.76. The molecule has 0 aromatic carbocycles. The van der Waals surface area contributed by atoms with Gasteiger partial charge in [-0.3, -0.25) is 4.79 Å². The van der Waals surface area contributed by atoms with Gasteiger partial charge in [-0.15, -0.1) is 0 Å². The molecule has 15 heavy (non-hydrogen) atoms. The van der Waals surface area contributed by atoms with Crippen LogP contribution in [0.4, 0.5) is 0 Å². The summed E-state index contributed by atoms with van der Waals surface area (Å²) in [6, 6.07) is 1.78. The first-order valence-electron chi connectivity index (χ1n) is 5.11. The Hall–Kier alpha value is -1.51. The molecule has 0 unspecified atom stereocenters. The summed E-state index contributed by atoms with van der Waals surface area (Å²) in [5.74, 6) is 1.49. The zero-order valence-corrected chi connectivity index (χ0v) is 9.00. The van der Waals surface area contributed by atoms with Crippen LogP contribution in [-0.4, -0.2) is 12.4 Å². The molecule has 0 aliphatic carbocycles. The lowest BCUT2D eigenvalue weighted by atomic mass is 10.00. The van der Waals surface area contributed by atoms with Crippen molar-refractivity contribution in [3.63, 3.8) is 0 Å². The molecule has 1 aromatic heterocycles. The third kappa shape index (κ3) is 1.96. The van der Waals surface area contributed by atoms with Gasteiger partial charge in [-0.1, -0.05) is 0 Å². The molecule has 0 spiro atoms. The third-order valence-electron chi connectivity index (χ3n) is 2.51. The van der Waals surface area contributed by atoms with Crippen LogP contribution < -0.4 is 0 Å². The van der Waals surface area contributed by atoms with Gasteiger partial charge in [-0.05, 0) is 32.8 Å². The van der Waals surface area contributed by atoms with E-state index in [9.17, 15) is 4.79 Å². The topological polar surface area (TPSA) is 39.4 Å². The highest BCUT2D eigenvalue weighted by atomic mass is 16.5. The summed E-state index contributed by atoms with van der Waals surface area (Å²) in [6.45, 7) is 4.36. The molecule has 0 amide bonds. The molecular weight excluding hydrogens is 192 g/mol. The first-order chi connectivity index (χ1) is 7.18. The number of ether oxygens (including phenoxy) is 1. The second-order valence-corrected chi connectivity index (χ2v) is 3.77. The van der Waals surface area contributed by atoms with Gasteiger partial charge >= 0.3 is 0 Å². The molecule has 0 radical (unpaired) electrons. The Morgan fingerprint density at radius 3 is 2.73 bits per heavy atom. The maximum atomic E-state index is 12.0. The van der Waals surface area contributed by atoms with Crippen molar-refractivity contribution >= 4 is 5.78 Å². The standard InChI is InChI=1S/C12H14O3/c1-8-6-11(9(2)15-8)12(13)10-4-3-5-14-7-10/h6-7H,3-5H2,1-2H3. The quantitative estimate of drug-likeness (QED) is 0.698. The summed E-state index contributed by atoms with van der Waals surface area (Å²) in [7, 11) is 0. The van der Waals surface area contributed by atoms with E-state index in [1.54, 1.807) is 12.3 Å². The monoisotopic (exact) mass is 206 g/mol. The molecule has 1 aliphatic rings. The van der Waals surface area contributed by atoms with Crippen molar-refractivity contribution in [2.24, 2.45) is 0 Å². The van der Waals surface area contributed by atoms with Crippen molar-refractivity contribution in [3.05, 3.63) is 35.0 Å². The number of hydrogen-bond acceptors (Lipinski definition) is 3.